The summed E-state index contributed by atoms with van der Waals surface area (Å²) >= 11 is 3.26. The Bertz CT molecular complexity index is 945. The van der Waals surface area contributed by atoms with Crippen molar-refractivity contribution in [3.63, 3.8) is 0 Å². The summed E-state index contributed by atoms with van der Waals surface area (Å²) in [7, 11) is 0. The first-order valence-electron chi connectivity index (χ1n) is 8.10. The average Bonchev–Trinajstić information content (AvgIpc) is 3.03. The number of H-pyrrole nitrogens is 1. The van der Waals surface area contributed by atoms with Crippen molar-refractivity contribution in [2.24, 2.45) is 0 Å². The molecule has 130 valence electrons. The molecule has 0 saturated carbocycles. The molecule has 4 heterocycles. The third-order valence-corrected chi connectivity index (χ3v) is 4.69. The molecule has 9 nitrogen and oxygen atoms in total. The molecule has 0 unspecified atom stereocenters. The Morgan fingerprint density at radius 3 is 2.64 bits per heavy atom. The lowest BCUT2D eigenvalue weighted by molar-refractivity contribution is 0.638. The van der Waals surface area contributed by atoms with Crippen LogP contribution in [0.25, 0.3) is 5.78 Å². The fourth-order valence-electron chi connectivity index (χ4n) is 3.12. The lowest BCUT2D eigenvalue weighted by atomic mass is 10.2. The Morgan fingerprint density at radius 1 is 1.20 bits per heavy atom. The van der Waals surface area contributed by atoms with Crippen LogP contribution in [-0.4, -0.2) is 55.7 Å². The van der Waals surface area contributed by atoms with Crippen molar-refractivity contribution in [2.75, 3.05) is 36.0 Å². The SMILES string of the molecule is CCc1nc2nc(Br)[nH]n2c(=O)c1N1CCN(c2ccncn2)CC1. The van der Waals surface area contributed by atoms with Gasteiger partial charge in [0.2, 0.25) is 0 Å². The van der Waals surface area contributed by atoms with Crippen molar-refractivity contribution in [1.82, 2.24) is 29.5 Å². The van der Waals surface area contributed by atoms with Gasteiger partial charge in [0.1, 0.15) is 17.8 Å². The summed E-state index contributed by atoms with van der Waals surface area (Å²) < 4.78 is 1.87. The summed E-state index contributed by atoms with van der Waals surface area (Å²) in [6.45, 7) is 5.04. The Kier molecular flexibility index (Phi) is 4.12. The number of fused-ring (bicyclic) bond motifs is 1. The van der Waals surface area contributed by atoms with Gasteiger partial charge >= 0.3 is 0 Å². The number of hydrogen-bond acceptors (Lipinski definition) is 7. The number of aromatic nitrogens is 6. The van der Waals surface area contributed by atoms with Gasteiger partial charge in [0.15, 0.2) is 4.73 Å². The second kappa shape index (κ2) is 6.43. The maximum absolute atomic E-state index is 12.9. The first kappa shape index (κ1) is 16.0. The van der Waals surface area contributed by atoms with Gasteiger partial charge in [0, 0.05) is 32.4 Å². The van der Waals surface area contributed by atoms with Crippen molar-refractivity contribution >= 4 is 33.2 Å². The van der Waals surface area contributed by atoms with Crippen LogP contribution in [0.15, 0.2) is 28.1 Å². The van der Waals surface area contributed by atoms with Crippen molar-refractivity contribution < 1.29 is 0 Å². The number of nitrogens with one attached hydrogen (secondary N) is 1. The minimum absolute atomic E-state index is 0.115. The Labute approximate surface area is 151 Å². The zero-order chi connectivity index (χ0) is 17.4. The molecule has 1 fully saturated rings. The van der Waals surface area contributed by atoms with Crippen molar-refractivity contribution in [3.05, 3.63) is 39.4 Å². The summed E-state index contributed by atoms with van der Waals surface area (Å²) in [4.78, 5) is 34.2. The van der Waals surface area contributed by atoms with Crippen LogP contribution in [0.2, 0.25) is 0 Å². The van der Waals surface area contributed by atoms with E-state index in [4.69, 9.17) is 0 Å². The van der Waals surface area contributed by atoms with Gasteiger partial charge in [-0.1, -0.05) is 6.92 Å². The maximum atomic E-state index is 12.9. The zero-order valence-electron chi connectivity index (χ0n) is 13.7. The first-order valence-corrected chi connectivity index (χ1v) is 8.89. The van der Waals surface area contributed by atoms with E-state index in [-0.39, 0.29) is 5.56 Å². The highest BCUT2D eigenvalue weighted by molar-refractivity contribution is 9.10. The van der Waals surface area contributed by atoms with E-state index >= 15 is 0 Å². The van der Waals surface area contributed by atoms with Crippen LogP contribution in [-0.2, 0) is 6.42 Å². The minimum Gasteiger partial charge on any atom is -0.362 e. The Hall–Kier alpha value is -2.49. The fraction of sp³-hybridized carbons (Fsp3) is 0.400. The number of piperazine rings is 1. The molecule has 0 bridgehead atoms. The molecule has 4 rings (SSSR count). The number of aromatic amines is 1. The van der Waals surface area contributed by atoms with E-state index in [0.717, 1.165) is 37.7 Å². The summed E-state index contributed by atoms with van der Waals surface area (Å²) in [5, 5.41) is 2.89. The molecule has 25 heavy (non-hydrogen) atoms. The molecule has 0 atom stereocenters. The number of anilines is 2. The number of nitrogens with zero attached hydrogens (tertiary/aromatic N) is 7. The van der Waals surface area contributed by atoms with Crippen LogP contribution in [0.1, 0.15) is 12.6 Å². The van der Waals surface area contributed by atoms with Crippen molar-refractivity contribution in [3.8, 4) is 0 Å². The maximum Gasteiger partial charge on any atom is 0.297 e. The minimum atomic E-state index is -0.115. The molecular formula is C15H17BrN8O. The van der Waals surface area contributed by atoms with E-state index in [2.05, 4.69) is 50.8 Å². The van der Waals surface area contributed by atoms with E-state index in [0.29, 0.717) is 22.6 Å². The molecule has 1 N–H and O–H groups in total. The van der Waals surface area contributed by atoms with Crippen LogP contribution in [0.3, 0.4) is 0 Å². The molecule has 1 aliphatic heterocycles. The molecule has 3 aromatic rings. The van der Waals surface area contributed by atoms with Gasteiger partial charge in [-0.25, -0.2) is 15.0 Å². The number of halogens is 1. The van der Waals surface area contributed by atoms with Gasteiger partial charge in [-0.3, -0.25) is 9.89 Å². The average molecular weight is 405 g/mol. The summed E-state index contributed by atoms with van der Waals surface area (Å²) in [5.74, 6) is 1.30. The predicted octanol–water partition coefficient (Wildman–Crippen LogP) is 0.859. The number of hydrogen-bond donors (Lipinski definition) is 1. The Balaban J connectivity index is 1.64. The third-order valence-electron chi connectivity index (χ3n) is 4.34. The third kappa shape index (κ3) is 2.86. The molecule has 1 aliphatic rings. The molecule has 0 amide bonds. The molecule has 0 spiro atoms. The molecule has 3 aromatic heterocycles. The topological polar surface area (TPSA) is 95.3 Å². The van der Waals surface area contributed by atoms with Crippen LogP contribution < -0.4 is 15.4 Å². The van der Waals surface area contributed by atoms with Crippen molar-refractivity contribution in [2.45, 2.75) is 13.3 Å². The van der Waals surface area contributed by atoms with Gasteiger partial charge in [0.05, 0.1) is 5.69 Å². The van der Waals surface area contributed by atoms with Gasteiger partial charge in [-0.2, -0.15) is 9.50 Å². The molecule has 1 saturated heterocycles. The quantitative estimate of drug-likeness (QED) is 0.691. The summed E-state index contributed by atoms with van der Waals surface area (Å²) in [5.41, 5.74) is 1.31. The van der Waals surface area contributed by atoms with Gasteiger partial charge in [-0.05, 0) is 28.4 Å². The van der Waals surface area contributed by atoms with Crippen LogP contribution >= 0.6 is 15.9 Å². The van der Waals surface area contributed by atoms with Crippen LogP contribution in [0.4, 0.5) is 11.5 Å². The standard InChI is InChI=1S/C15H17BrN8O/c1-2-10-12(13(25)24-15(19-10)20-14(16)21-24)23-7-5-22(6-8-23)11-3-4-17-9-18-11/h3-4,9H,2,5-8H2,1H3,(H,19,20,21). The highest BCUT2D eigenvalue weighted by Crippen LogP contribution is 2.20. The lowest BCUT2D eigenvalue weighted by Gasteiger charge is -2.36. The van der Waals surface area contributed by atoms with Crippen LogP contribution in [0.5, 0.6) is 0 Å². The van der Waals surface area contributed by atoms with Crippen LogP contribution in [0, 0.1) is 0 Å². The number of rotatable bonds is 3. The molecular weight excluding hydrogens is 388 g/mol. The lowest BCUT2D eigenvalue weighted by Crippen LogP contribution is -2.49. The summed E-state index contributed by atoms with van der Waals surface area (Å²) in [6.07, 6.45) is 3.97. The normalized spacial score (nSPS) is 15.1. The highest BCUT2D eigenvalue weighted by atomic mass is 79.9. The van der Waals surface area contributed by atoms with E-state index in [1.54, 1.807) is 12.5 Å². The molecule has 0 radical (unpaired) electrons. The Morgan fingerprint density at radius 2 is 1.96 bits per heavy atom. The zero-order valence-corrected chi connectivity index (χ0v) is 15.3. The van der Waals surface area contributed by atoms with E-state index in [9.17, 15) is 4.79 Å². The largest absolute Gasteiger partial charge is 0.362 e. The van der Waals surface area contributed by atoms with Gasteiger partial charge in [0.25, 0.3) is 11.3 Å². The predicted molar refractivity (Wildman–Crippen MR) is 97.1 cm³/mol. The van der Waals surface area contributed by atoms with E-state index in [1.165, 1.54) is 4.52 Å². The van der Waals surface area contributed by atoms with E-state index in [1.807, 2.05) is 13.0 Å². The summed E-state index contributed by atoms with van der Waals surface area (Å²) in [6, 6.07) is 1.90. The fourth-order valence-corrected chi connectivity index (χ4v) is 3.45. The molecule has 0 aromatic carbocycles. The van der Waals surface area contributed by atoms with Gasteiger partial charge in [-0.15, -0.1) is 0 Å². The van der Waals surface area contributed by atoms with Crippen molar-refractivity contribution in [1.29, 1.82) is 0 Å². The molecule has 0 aliphatic carbocycles. The van der Waals surface area contributed by atoms with Gasteiger partial charge < -0.3 is 9.80 Å². The smallest absolute Gasteiger partial charge is 0.297 e. The highest BCUT2D eigenvalue weighted by Gasteiger charge is 2.24. The molecule has 10 heteroatoms. The second-order valence-electron chi connectivity index (χ2n) is 5.76. The second-order valence-corrected chi connectivity index (χ2v) is 6.51. The number of aryl methyl sites for hydroxylation is 1. The van der Waals surface area contributed by atoms with E-state index < -0.39 is 0 Å². The monoisotopic (exact) mass is 404 g/mol. The first-order chi connectivity index (χ1) is 12.2.